The smallest absolute Gasteiger partial charge is 0.261 e. The summed E-state index contributed by atoms with van der Waals surface area (Å²) >= 11 is 5.92. The molecule has 3 rings (SSSR count). The number of carbonyl (C=O) groups is 1. The van der Waals surface area contributed by atoms with E-state index < -0.39 is 10.0 Å². The molecule has 1 N–H and O–H groups in total. The molecule has 0 aliphatic carbocycles. The molecule has 1 amide bonds. The quantitative estimate of drug-likeness (QED) is 0.842. The van der Waals surface area contributed by atoms with Crippen LogP contribution in [0.15, 0.2) is 41.3 Å². The second-order valence-electron chi connectivity index (χ2n) is 6.45. The first-order valence-electron chi connectivity index (χ1n) is 8.54. The van der Waals surface area contributed by atoms with Gasteiger partial charge in [0.1, 0.15) is 0 Å². The van der Waals surface area contributed by atoms with Crippen molar-refractivity contribution in [1.82, 2.24) is 4.90 Å². The zero-order chi connectivity index (χ0) is 19.6. The van der Waals surface area contributed by atoms with Crippen LogP contribution in [0.25, 0.3) is 0 Å². The summed E-state index contributed by atoms with van der Waals surface area (Å²) in [5.41, 5.74) is 2.27. The van der Waals surface area contributed by atoms with Gasteiger partial charge in [-0.2, -0.15) is 0 Å². The second-order valence-corrected chi connectivity index (χ2v) is 8.56. The molecule has 27 heavy (non-hydrogen) atoms. The summed E-state index contributed by atoms with van der Waals surface area (Å²) in [6.45, 7) is 5.53. The molecule has 1 aliphatic heterocycles. The van der Waals surface area contributed by atoms with E-state index in [4.69, 9.17) is 16.3 Å². The van der Waals surface area contributed by atoms with Crippen LogP contribution in [0.1, 0.15) is 21.5 Å². The SMILES string of the molecule is Cc1cc(Cl)ccc1NS(=O)(=O)c1ccc(C)c(C(=O)N2CCOCC2)c1. The van der Waals surface area contributed by atoms with E-state index in [-0.39, 0.29) is 10.8 Å². The van der Waals surface area contributed by atoms with Crippen LogP contribution in [0.5, 0.6) is 0 Å². The fraction of sp³-hybridized carbons (Fsp3) is 0.316. The number of carbonyl (C=O) groups excluding carboxylic acids is 1. The van der Waals surface area contributed by atoms with Gasteiger partial charge in [-0.15, -0.1) is 0 Å². The van der Waals surface area contributed by atoms with Crippen LogP contribution in [0.2, 0.25) is 5.02 Å². The van der Waals surface area contributed by atoms with Crippen LogP contribution < -0.4 is 4.72 Å². The maximum atomic E-state index is 12.8. The number of rotatable bonds is 4. The van der Waals surface area contributed by atoms with Crippen molar-refractivity contribution in [2.24, 2.45) is 0 Å². The molecule has 0 aromatic heterocycles. The molecule has 1 fully saturated rings. The summed E-state index contributed by atoms with van der Waals surface area (Å²) in [7, 11) is -3.84. The minimum absolute atomic E-state index is 0.0408. The summed E-state index contributed by atoms with van der Waals surface area (Å²) in [4.78, 5) is 14.5. The Morgan fingerprint density at radius 1 is 1.07 bits per heavy atom. The number of sulfonamides is 1. The van der Waals surface area contributed by atoms with E-state index in [9.17, 15) is 13.2 Å². The maximum absolute atomic E-state index is 12.8. The van der Waals surface area contributed by atoms with Gasteiger partial charge in [0.05, 0.1) is 23.8 Å². The third-order valence-corrected chi connectivity index (χ3v) is 6.08. The first kappa shape index (κ1) is 19.7. The standard InChI is InChI=1S/C19H21ClN2O4S/c1-13-3-5-16(12-17(13)19(23)22-7-9-26-10-8-22)27(24,25)21-18-6-4-15(20)11-14(18)2/h3-6,11-12,21H,7-10H2,1-2H3. The molecular formula is C19H21ClN2O4S. The Labute approximate surface area is 164 Å². The van der Waals surface area contributed by atoms with Gasteiger partial charge in [-0.3, -0.25) is 9.52 Å². The number of hydrogen-bond donors (Lipinski definition) is 1. The summed E-state index contributed by atoms with van der Waals surface area (Å²) in [6, 6.07) is 9.50. The molecule has 6 nitrogen and oxygen atoms in total. The first-order valence-corrected chi connectivity index (χ1v) is 10.4. The van der Waals surface area contributed by atoms with Crippen LogP contribution in [0.4, 0.5) is 5.69 Å². The van der Waals surface area contributed by atoms with E-state index in [1.165, 1.54) is 12.1 Å². The lowest BCUT2D eigenvalue weighted by Gasteiger charge is -2.27. The summed E-state index contributed by atoms with van der Waals surface area (Å²) < 4.78 is 33.5. The molecule has 1 heterocycles. The van der Waals surface area contributed by atoms with Crippen molar-refractivity contribution in [3.05, 3.63) is 58.1 Å². The van der Waals surface area contributed by atoms with Gasteiger partial charge < -0.3 is 9.64 Å². The predicted molar refractivity (Wildman–Crippen MR) is 105 cm³/mol. The van der Waals surface area contributed by atoms with Crippen LogP contribution in [0, 0.1) is 13.8 Å². The van der Waals surface area contributed by atoms with Crippen molar-refractivity contribution in [2.75, 3.05) is 31.0 Å². The van der Waals surface area contributed by atoms with Gasteiger partial charge in [0.15, 0.2) is 0 Å². The monoisotopic (exact) mass is 408 g/mol. The van der Waals surface area contributed by atoms with E-state index in [2.05, 4.69) is 4.72 Å². The minimum Gasteiger partial charge on any atom is -0.378 e. The summed E-state index contributed by atoms with van der Waals surface area (Å²) in [5.74, 6) is -0.185. The van der Waals surface area contributed by atoms with Gasteiger partial charge in [-0.05, 0) is 55.3 Å². The Kier molecular flexibility index (Phi) is 5.74. The molecule has 0 atom stereocenters. The average Bonchev–Trinajstić information content (AvgIpc) is 2.64. The van der Waals surface area contributed by atoms with Crippen LogP contribution >= 0.6 is 11.6 Å². The molecule has 144 valence electrons. The van der Waals surface area contributed by atoms with Gasteiger partial charge in [0.2, 0.25) is 0 Å². The number of anilines is 1. The number of morpholine rings is 1. The lowest BCUT2D eigenvalue weighted by atomic mass is 10.1. The molecule has 0 unspecified atom stereocenters. The zero-order valence-electron chi connectivity index (χ0n) is 15.2. The van der Waals surface area contributed by atoms with E-state index in [1.54, 1.807) is 43.0 Å². The van der Waals surface area contributed by atoms with Gasteiger partial charge >= 0.3 is 0 Å². The average molecular weight is 409 g/mol. The summed E-state index contributed by atoms with van der Waals surface area (Å²) in [5, 5.41) is 0.532. The van der Waals surface area contributed by atoms with Crippen molar-refractivity contribution < 1.29 is 17.9 Å². The van der Waals surface area contributed by atoms with Crippen molar-refractivity contribution in [1.29, 1.82) is 0 Å². The van der Waals surface area contributed by atoms with Crippen LogP contribution in [-0.2, 0) is 14.8 Å². The fourth-order valence-electron chi connectivity index (χ4n) is 2.88. The second kappa shape index (κ2) is 7.88. The Hall–Kier alpha value is -2.09. The third-order valence-electron chi connectivity index (χ3n) is 4.48. The van der Waals surface area contributed by atoms with Gasteiger partial charge in [-0.25, -0.2) is 8.42 Å². The van der Waals surface area contributed by atoms with Gasteiger partial charge in [0, 0.05) is 23.7 Å². The molecule has 0 spiro atoms. The molecular weight excluding hydrogens is 388 g/mol. The lowest BCUT2D eigenvalue weighted by molar-refractivity contribution is 0.0302. The van der Waals surface area contributed by atoms with Crippen molar-refractivity contribution in [3.8, 4) is 0 Å². The minimum atomic E-state index is -3.84. The zero-order valence-corrected chi connectivity index (χ0v) is 16.7. The van der Waals surface area contributed by atoms with Crippen molar-refractivity contribution >= 4 is 33.2 Å². The molecule has 2 aromatic carbocycles. The topological polar surface area (TPSA) is 75.7 Å². The highest BCUT2D eigenvalue weighted by molar-refractivity contribution is 7.92. The Balaban J connectivity index is 1.90. The normalized spacial score (nSPS) is 14.9. The van der Waals surface area contributed by atoms with Crippen LogP contribution in [-0.4, -0.2) is 45.5 Å². The maximum Gasteiger partial charge on any atom is 0.261 e. The van der Waals surface area contributed by atoms with Gasteiger partial charge in [0.25, 0.3) is 15.9 Å². The Bertz CT molecular complexity index is 970. The largest absolute Gasteiger partial charge is 0.378 e. The first-order chi connectivity index (χ1) is 12.8. The van der Waals surface area contributed by atoms with E-state index >= 15 is 0 Å². The molecule has 8 heteroatoms. The fourth-order valence-corrected chi connectivity index (χ4v) is 4.26. The Morgan fingerprint density at radius 3 is 2.44 bits per heavy atom. The third kappa shape index (κ3) is 4.43. The lowest BCUT2D eigenvalue weighted by Crippen LogP contribution is -2.41. The highest BCUT2D eigenvalue weighted by atomic mass is 35.5. The number of ether oxygens (including phenoxy) is 1. The highest BCUT2D eigenvalue weighted by Gasteiger charge is 2.23. The summed E-state index contributed by atoms with van der Waals surface area (Å²) in [6.07, 6.45) is 0. The van der Waals surface area contributed by atoms with Crippen LogP contribution in [0.3, 0.4) is 0 Å². The number of hydrogen-bond acceptors (Lipinski definition) is 4. The molecule has 2 aromatic rings. The van der Waals surface area contributed by atoms with E-state index in [0.29, 0.717) is 48.1 Å². The van der Waals surface area contributed by atoms with Gasteiger partial charge in [-0.1, -0.05) is 17.7 Å². The van der Waals surface area contributed by atoms with E-state index in [1.807, 2.05) is 0 Å². The van der Waals surface area contributed by atoms with Crippen molar-refractivity contribution in [3.63, 3.8) is 0 Å². The number of nitrogens with one attached hydrogen (secondary N) is 1. The molecule has 0 saturated carbocycles. The number of nitrogens with zero attached hydrogens (tertiary/aromatic N) is 1. The molecule has 1 aliphatic rings. The van der Waals surface area contributed by atoms with E-state index in [0.717, 1.165) is 5.56 Å². The molecule has 0 bridgehead atoms. The molecule has 1 saturated heterocycles. The Morgan fingerprint density at radius 2 is 1.78 bits per heavy atom. The number of amides is 1. The van der Waals surface area contributed by atoms with Crippen molar-refractivity contribution in [2.45, 2.75) is 18.7 Å². The predicted octanol–water partition coefficient (Wildman–Crippen LogP) is 3.23. The number of benzene rings is 2. The number of aryl methyl sites for hydroxylation is 2. The highest BCUT2D eigenvalue weighted by Crippen LogP contribution is 2.24. The number of halogens is 1. The molecule has 0 radical (unpaired) electrons.